The first kappa shape index (κ1) is 21.1. The van der Waals surface area contributed by atoms with Crippen molar-refractivity contribution in [2.45, 2.75) is 43.7 Å². The minimum absolute atomic E-state index is 0.257. The number of guanidine groups is 1. The van der Waals surface area contributed by atoms with Crippen molar-refractivity contribution in [2.75, 3.05) is 5.73 Å². The lowest BCUT2D eigenvalue weighted by Crippen LogP contribution is -2.49. The van der Waals surface area contributed by atoms with Crippen LogP contribution in [0.2, 0.25) is 0 Å². The molecule has 9 nitrogen and oxygen atoms in total. The predicted molar refractivity (Wildman–Crippen MR) is 134 cm³/mol. The van der Waals surface area contributed by atoms with Crippen molar-refractivity contribution in [1.29, 1.82) is 5.26 Å². The molecule has 3 atom stereocenters. The number of nitrogens with two attached hydrogens (primary N) is 2. The molecule has 0 unspecified atom stereocenters. The first-order valence-corrected chi connectivity index (χ1v) is 11.8. The number of rotatable bonds is 3. The summed E-state index contributed by atoms with van der Waals surface area (Å²) < 4.78 is 1.69. The third-order valence-corrected chi connectivity index (χ3v) is 7.24. The van der Waals surface area contributed by atoms with Gasteiger partial charge < -0.3 is 16.4 Å². The van der Waals surface area contributed by atoms with Crippen molar-refractivity contribution < 1.29 is 0 Å². The molecule has 174 valence electrons. The lowest BCUT2D eigenvalue weighted by atomic mass is 9.88. The number of nitrogen functional groups attached to an aromatic ring is 1. The van der Waals surface area contributed by atoms with Gasteiger partial charge in [0, 0.05) is 52.6 Å². The van der Waals surface area contributed by atoms with Gasteiger partial charge in [-0.05, 0) is 31.7 Å². The summed E-state index contributed by atoms with van der Waals surface area (Å²) in [6, 6.07) is 16.6. The average Bonchev–Trinajstić information content (AvgIpc) is 3.43. The summed E-state index contributed by atoms with van der Waals surface area (Å²) in [5.41, 5.74) is 18.0. The Bertz CT molecular complexity index is 1440. The van der Waals surface area contributed by atoms with Crippen LogP contribution < -0.4 is 11.5 Å². The lowest BCUT2D eigenvalue weighted by molar-refractivity contribution is 0.210. The Kier molecular flexibility index (Phi) is 5.07. The minimum atomic E-state index is 0.257. The number of piperidine rings is 1. The third-order valence-electron chi connectivity index (χ3n) is 7.24. The molecule has 4 aromatic rings. The highest BCUT2D eigenvalue weighted by Crippen LogP contribution is 2.43. The first-order chi connectivity index (χ1) is 17.1. The normalized spacial score (nSPS) is 21.9. The van der Waals surface area contributed by atoms with Crippen LogP contribution >= 0.6 is 0 Å². The van der Waals surface area contributed by atoms with E-state index in [1.165, 1.54) is 0 Å². The largest absolute Gasteiger partial charge is 0.384 e. The van der Waals surface area contributed by atoms with Crippen LogP contribution in [-0.4, -0.2) is 42.5 Å². The molecule has 1 aromatic carbocycles. The monoisotopic (exact) mass is 463 g/mol. The molecule has 2 aliphatic rings. The molecule has 0 spiro atoms. The second kappa shape index (κ2) is 8.40. The van der Waals surface area contributed by atoms with Crippen molar-refractivity contribution in [2.24, 2.45) is 10.7 Å². The second-order valence-electron chi connectivity index (χ2n) is 9.23. The molecule has 0 aliphatic carbocycles. The van der Waals surface area contributed by atoms with Crippen molar-refractivity contribution in [3.8, 4) is 28.6 Å². The highest BCUT2D eigenvalue weighted by molar-refractivity contribution is 5.80. The number of hydrogen-bond donors (Lipinski definition) is 2. The van der Waals surface area contributed by atoms with Crippen LogP contribution in [0.25, 0.3) is 28.0 Å². The van der Waals surface area contributed by atoms with Gasteiger partial charge in [-0.1, -0.05) is 36.4 Å². The van der Waals surface area contributed by atoms with E-state index in [1.54, 1.807) is 10.7 Å². The van der Waals surface area contributed by atoms with Gasteiger partial charge in [-0.25, -0.2) is 4.98 Å². The van der Waals surface area contributed by atoms with E-state index in [0.29, 0.717) is 11.8 Å². The zero-order chi connectivity index (χ0) is 23.9. The Labute approximate surface area is 202 Å². The van der Waals surface area contributed by atoms with Gasteiger partial charge >= 0.3 is 0 Å². The van der Waals surface area contributed by atoms with Crippen LogP contribution in [0.1, 0.15) is 37.3 Å². The molecule has 2 saturated heterocycles. The number of pyridine rings is 1. The Morgan fingerprint density at radius 3 is 2.49 bits per heavy atom. The Hall–Kier alpha value is -4.45. The van der Waals surface area contributed by atoms with E-state index in [0.717, 1.165) is 59.4 Å². The van der Waals surface area contributed by atoms with Gasteiger partial charge in [0.05, 0.1) is 11.9 Å². The number of fused-ring (bicyclic) bond motifs is 3. The van der Waals surface area contributed by atoms with Crippen LogP contribution in [0.5, 0.6) is 0 Å². The average molecular weight is 464 g/mol. The van der Waals surface area contributed by atoms with E-state index in [4.69, 9.17) is 21.7 Å². The summed E-state index contributed by atoms with van der Waals surface area (Å²) in [5.74, 6) is 1.14. The highest BCUT2D eigenvalue weighted by atomic mass is 15.3. The molecule has 2 aliphatic heterocycles. The van der Waals surface area contributed by atoms with Crippen LogP contribution in [0.3, 0.4) is 0 Å². The molecule has 2 fully saturated rings. The van der Waals surface area contributed by atoms with Gasteiger partial charge in [0.1, 0.15) is 5.82 Å². The zero-order valence-corrected chi connectivity index (χ0v) is 19.1. The maximum atomic E-state index is 8.91. The molecule has 4 N–H and O–H groups in total. The quantitative estimate of drug-likeness (QED) is 0.269. The Morgan fingerprint density at radius 2 is 1.80 bits per heavy atom. The van der Waals surface area contributed by atoms with Crippen LogP contribution in [0, 0.1) is 11.5 Å². The van der Waals surface area contributed by atoms with E-state index in [1.807, 2.05) is 60.9 Å². The molecule has 0 radical (unpaired) electrons. The van der Waals surface area contributed by atoms with Gasteiger partial charge in [0.25, 0.3) is 0 Å². The van der Waals surface area contributed by atoms with E-state index >= 15 is 0 Å². The summed E-state index contributed by atoms with van der Waals surface area (Å²) in [4.78, 5) is 15.6. The fraction of sp³-hybridized carbons (Fsp3) is 0.269. The second-order valence-corrected chi connectivity index (χ2v) is 9.23. The number of aliphatic imine (C=N–C) groups is 1. The number of hydrogen-bond acceptors (Lipinski definition) is 6. The topological polar surface area (TPSA) is 135 Å². The maximum Gasteiger partial charge on any atom is 0.209 e. The van der Waals surface area contributed by atoms with Crippen LogP contribution in [-0.2, 0) is 0 Å². The summed E-state index contributed by atoms with van der Waals surface area (Å²) in [5, 5.41) is 13.4. The summed E-state index contributed by atoms with van der Waals surface area (Å²) >= 11 is 0. The molecule has 3 aromatic heterocycles. The van der Waals surface area contributed by atoms with E-state index in [-0.39, 0.29) is 18.0 Å². The standard InChI is InChI=1S/C26H25N9/c27-15-31-26(29)34-19-7-8-20(34)11-18(10-19)23-12-24(28)35-25(33-23)21(14-32-35)17-6-9-22(30-13-17)16-4-2-1-3-5-16/h1-6,9,12-14,18-20H,7-8,10-11,28H2,(H2,29,31)/t18-,19-,20+. The van der Waals surface area contributed by atoms with Crippen molar-refractivity contribution in [3.05, 3.63) is 66.6 Å². The van der Waals surface area contributed by atoms with Crippen molar-refractivity contribution >= 4 is 17.4 Å². The molecule has 35 heavy (non-hydrogen) atoms. The van der Waals surface area contributed by atoms with Gasteiger partial charge in [0.15, 0.2) is 5.65 Å². The fourth-order valence-electron chi connectivity index (χ4n) is 5.65. The number of aromatic nitrogens is 4. The summed E-state index contributed by atoms with van der Waals surface area (Å²) in [7, 11) is 0. The molecular weight excluding hydrogens is 438 g/mol. The molecule has 6 rings (SSSR count). The fourth-order valence-corrected chi connectivity index (χ4v) is 5.65. The van der Waals surface area contributed by atoms with Gasteiger partial charge in [-0.15, -0.1) is 4.99 Å². The van der Waals surface area contributed by atoms with Crippen molar-refractivity contribution in [3.63, 3.8) is 0 Å². The number of anilines is 1. The summed E-state index contributed by atoms with van der Waals surface area (Å²) in [6.07, 6.45) is 9.35. The molecule has 0 amide bonds. The van der Waals surface area contributed by atoms with Crippen molar-refractivity contribution in [1.82, 2.24) is 24.5 Å². The smallest absolute Gasteiger partial charge is 0.209 e. The minimum Gasteiger partial charge on any atom is -0.384 e. The third kappa shape index (κ3) is 3.64. The number of nitrogens with zero attached hydrogens (tertiary/aromatic N) is 7. The highest BCUT2D eigenvalue weighted by Gasteiger charge is 2.42. The van der Waals surface area contributed by atoms with Crippen LogP contribution in [0.15, 0.2) is 65.9 Å². The SMILES string of the molecule is N#C/N=C(\N)N1[C@@H]2CC[C@H]1C[C@H](c1cc(N)n3ncc(-c4ccc(-c5ccccc5)nc4)c3n1)C2. The van der Waals surface area contributed by atoms with E-state index < -0.39 is 0 Å². The number of nitriles is 1. The number of benzene rings is 1. The van der Waals surface area contributed by atoms with E-state index in [9.17, 15) is 0 Å². The maximum absolute atomic E-state index is 8.91. The Balaban J connectivity index is 1.32. The zero-order valence-electron chi connectivity index (χ0n) is 19.1. The molecule has 2 bridgehead atoms. The summed E-state index contributed by atoms with van der Waals surface area (Å²) in [6.45, 7) is 0. The Morgan fingerprint density at radius 1 is 1.03 bits per heavy atom. The van der Waals surface area contributed by atoms with Gasteiger partial charge in [-0.3, -0.25) is 4.98 Å². The molecule has 0 saturated carbocycles. The predicted octanol–water partition coefficient (Wildman–Crippen LogP) is 3.55. The van der Waals surface area contributed by atoms with E-state index in [2.05, 4.69) is 20.0 Å². The lowest BCUT2D eigenvalue weighted by Gasteiger charge is -2.39. The van der Waals surface area contributed by atoms with Crippen LogP contribution in [0.4, 0.5) is 5.82 Å². The molecular formula is C26H25N9. The van der Waals surface area contributed by atoms with Gasteiger partial charge in [-0.2, -0.15) is 14.9 Å². The molecule has 5 heterocycles. The van der Waals surface area contributed by atoms with Gasteiger partial charge in [0.2, 0.25) is 12.2 Å². The molecule has 9 heteroatoms. The first-order valence-electron chi connectivity index (χ1n) is 11.8.